The summed E-state index contributed by atoms with van der Waals surface area (Å²) in [4.78, 5) is 12.8. The number of carbonyl (C=O) groups is 1. The van der Waals surface area contributed by atoms with Crippen molar-refractivity contribution >= 4 is 21.6 Å². The molecule has 2 aromatic carbocycles. The number of anilines is 1. The molecule has 160 valence electrons. The molecule has 0 unspecified atom stereocenters. The first-order valence-electron chi connectivity index (χ1n) is 10.5. The third kappa shape index (κ3) is 4.52. The van der Waals surface area contributed by atoms with Crippen molar-refractivity contribution in [2.24, 2.45) is 11.8 Å². The number of nitrogens with one attached hydrogen (secondary N) is 1. The van der Waals surface area contributed by atoms with E-state index in [4.69, 9.17) is 4.74 Å². The first-order valence-corrected chi connectivity index (χ1v) is 12.0. The lowest BCUT2D eigenvalue weighted by atomic mass is 10.2. The maximum absolute atomic E-state index is 13.1. The zero-order valence-electron chi connectivity index (χ0n) is 17.4. The highest BCUT2D eigenvalue weighted by Gasteiger charge is 2.39. The lowest BCUT2D eigenvalue weighted by Crippen LogP contribution is -2.35. The van der Waals surface area contributed by atoms with Crippen LogP contribution in [0.4, 0.5) is 5.69 Å². The molecule has 2 atom stereocenters. The Morgan fingerprint density at radius 3 is 2.50 bits per heavy atom. The summed E-state index contributed by atoms with van der Waals surface area (Å²) < 4.78 is 33.8. The van der Waals surface area contributed by atoms with Crippen molar-refractivity contribution in [2.75, 3.05) is 18.4 Å². The minimum Gasteiger partial charge on any atom is -0.455 e. The highest BCUT2D eigenvalue weighted by atomic mass is 32.2. The second-order valence-corrected chi connectivity index (χ2v) is 10.3. The van der Waals surface area contributed by atoms with Crippen molar-refractivity contribution in [1.29, 1.82) is 0 Å². The quantitative estimate of drug-likeness (QED) is 0.732. The Morgan fingerprint density at radius 1 is 1.10 bits per heavy atom. The van der Waals surface area contributed by atoms with Crippen molar-refractivity contribution < 1.29 is 17.9 Å². The van der Waals surface area contributed by atoms with Gasteiger partial charge in [0.05, 0.1) is 10.6 Å². The van der Waals surface area contributed by atoms with Crippen LogP contribution in [0.1, 0.15) is 38.2 Å². The molecule has 1 amide bonds. The maximum atomic E-state index is 13.1. The van der Waals surface area contributed by atoms with Crippen molar-refractivity contribution in [1.82, 2.24) is 4.31 Å². The van der Waals surface area contributed by atoms with Crippen molar-refractivity contribution in [3.05, 3.63) is 48.0 Å². The van der Waals surface area contributed by atoms with Crippen LogP contribution in [0.2, 0.25) is 0 Å². The van der Waals surface area contributed by atoms with Crippen LogP contribution < -0.4 is 10.1 Å². The van der Waals surface area contributed by atoms with Gasteiger partial charge in [0.15, 0.2) is 5.75 Å². The Bertz CT molecular complexity index is 1040. The maximum Gasteiger partial charge on any atom is 0.243 e. The number of carbonyl (C=O) groups excluding carboxylic acids is 1. The molecule has 1 aliphatic heterocycles. The van der Waals surface area contributed by atoms with E-state index in [1.807, 2.05) is 38.1 Å². The van der Waals surface area contributed by atoms with E-state index >= 15 is 0 Å². The molecule has 1 aliphatic carbocycles. The predicted octanol–water partition coefficient (Wildman–Crippen LogP) is 4.56. The molecular weight excluding hydrogens is 400 g/mol. The molecule has 30 heavy (non-hydrogen) atoms. The molecule has 2 fully saturated rings. The van der Waals surface area contributed by atoms with Gasteiger partial charge in [-0.3, -0.25) is 4.79 Å². The first-order chi connectivity index (χ1) is 14.3. The van der Waals surface area contributed by atoms with Crippen LogP contribution in [-0.2, 0) is 14.8 Å². The molecule has 6 nitrogen and oxygen atoms in total. The van der Waals surface area contributed by atoms with Crippen LogP contribution in [0.3, 0.4) is 0 Å². The third-order valence-corrected chi connectivity index (χ3v) is 7.72. The standard InChI is InChI=1S/C23H28N2O4S/c1-16-7-6-8-18(13-16)29-22-10-9-19(30(27,28)25-11-4-3-5-12-25)15-21(22)24-23(26)20-14-17(20)2/h6-10,13,15,17,20H,3-5,11-12,14H2,1-2H3,(H,24,26)/t17-,20+/m1/s1. The average molecular weight is 429 g/mol. The molecule has 1 saturated carbocycles. The summed E-state index contributed by atoms with van der Waals surface area (Å²) in [6.07, 6.45) is 3.65. The van der Waals surface area contributed by atoms with E-state index in [2.05, 4.69) is 5.32 Å². The molecule has 0 aromatic heterocycles. The summed E-state index contributed by atoms with van der Waals surface area (Å²) in [5.41, 5.74) is 1.44. The predicted molar refractivity (Wildman–Crippen MR) is 116 cm³/mol. The van der Waals surface area contributed by atoms with Gasteiger partial charge >= 0.3 is 0 Å². The molecule has 1 heterocycles. The summed E-state index contributed by atoms with van der Waals surface area (Å²) >= 11 is 0. The molecule has 0 radical (unpaired) electrons. The summed E-state index contributed by atoms with van der Waals surface area (Å²) in [7, 11) is -3.61. The zero-order chi connectivity index (χ0) is 21.3. The van der Waals surface area contributed by atoms with E-state index < -0.39 is 10.0 Å². The lowest BCUT2D eigenvalue weighted by Gasteiger charge is -2.26. The lowest BCUT2D eigenvalue weighted by molar-refractivity contribution is -0.117. The van der Waals surface area contributed by atoms with Gasteiger partial charge in [0, 0.05) is 19.0 Å². The number of nitrogens with zero attached hydrogens (tertiary/aromatic N) is 1. The number of sulfonamides is 1. The largest absolute Gasteiger partial charge is 0.455 e. The van der Waals surface area contributed by atoms with Gasteiger partial charge in [0.1, 0.15) is 5.75 Å². The molecule has 2 aromatic rings. The summed E-state index contributed by atoms with van der Waals surface area (Å²) in [5.74, 6) is 1.30. The topological polar surface area (TPSA) is 75.7 Å². The van der Waals surface area contributed by atoms with E-state index in [1.165, 1.54) is 10.4 Å². The second-order valence-electron chi connectivity index (χ2n) is 8.35. The summed E-state index contributed by atoms with van der Waals surface area (Å²) in [6.45, 7) is 5.07. The Kier molecular flexibility index (Phi) is 5.84. The van der Waals surface area contributed by atoms with Gasteiger partial charge in [-0.05, 0) is 68.0 Å². The van der Waals surface area contributed by atoms with Crippen LogP contribution in [0.15, 0.2) is 47.4 Å². The second kappa shape index (κ2) is 8.40. The van der Waals surface area contributed by atoms with Crippen molar-refractivity contribution in [3.63, 3.8) is 0 Å². The summed E-state index contributed by atoms with van der Waals surface area (Å²) in [6, 6.07) is 12.3. The fourth-order valence-corrected chi connectivity index (χ4v) is 5.37. The van der Waals surface area contributed by atoms with Crippen molar-refractivity contribution in [3.8, 4) is 11.5 Å². The van der Waals surface area contributed by atoms with Crippen molar-refractivity contribution in [2.45, 2.75) is 44.4 Å². The number of ether oxygens (including phenoxy) is 1. The van der Waals surface area contributed by atoms with Gasteiger partial charge in [-0.15, -0.1) is 0 Å². The van der Waals surface area contributed by atoms with Crippen LogP contribution in [0.25, 0.3) is 0 Å². The minimum absolute atomic E-state index is 0.0285. The molecule has 4 rings (SSSR count). The van der Waals surface area contributed by atoms with Gasteiger partial charge in [-0.25, -0.2) is 8.42 Å². The third-order valence-electron chi connectivity index (χ3n) is 5.83. The van der Waals surface area contributed by atoms with E-state index in [-0.39, 0.29) is 16.7 Å². The number of hydrogen-bond acceptors (Lipinski definition) is 4. The van der Waals surface area contributed by atoms with Gasteiger partial charge < -0.3 is 10.1 Å². The fraction of sp³-hybridized carbons (Fsp3) is 0.435. The Labute approximate surface area is 178 Å². The van der Waals surface area contributed by atoms with Crippen LogP contribution in [0, 0.1) is 18.8 Å². The Morgan fingerprint density at radius 2 is 1.83 bits per heavy atom. The number of aryl methyl sites for hydroxylation is 1. The van der Waals surface area contributed by atoms with Crippen LogP contribution in [0.5, 0.6) is 11.5 Å². The zero-order valence-corrected chi connectivity index (χ0v) is 18.2. The summed E-state index contributed by atoms with van der Waals surface area (Å²) in [5, 5.41) is 2.91. The number of piperidine rings is 1. The van der Waals surface area contributed by atoms with Crippen LogP contribution >= 0.6 is 0 Å². The van der Waals surface area contributed by atoms with E-state index in [9.17, 15) is 13.2 Å². The highest BCUT2D eigenvalue weighted by Crippen LogP contribution is 2.40. The number of amides is 1. The number of rotatable bonds is 6. The van der Waals surface area contributed by atoms with Gasteiger partial charge in [0.25, 0.3) is 0 Å². The highest BCUT2D eigenvalue weighted by molar-refractivity contribution is 7.89. The van der Waals surface area contributed by atoms with Gasteiger partial charge in [0.2, 0.25) is 15.9 Å². The first kappa shape index (κ1) is 20.9. The van der Waals surface area contributed by atoms with E-state index in [1.54, 1.807) is 12.1 Å². The molecule has 0 bridgehead atoms. The smallest absolute Gasteiger partial charge is 0.243 e. The van der Waals surface area contributed by atoms with Gasteiger partial charge in [-0.1, -0.05) is 25.5 Å². The molecular formula is C23H28N2O4S. The normalized spacial score (nSPS) is 21.8. The average Bonchev–Trinajstić information content (AvgIpc) is 3.47. The van der Waals surface area contributed by atoms with Gasteiger partial charge in [-0.2, -0.15) is 4.31 Å². The molecule has 7 heteroatoms. The number of hydrogen-bond donors (Lipinski definition) is 1. The minimum atomic E-state index is -3.61. The van der Waals surface area contributed by atoms with Crippen LogP contribution in [-0.4, -0.2) is 31.7 Å². The molecule has 1 saturated heterocycles. The molecule has 1 N–H and O–H groups in total. The number of benzene rings is 2. The SMILES string of the molecule is Cc1cccc(Oc2ccc(S(=O)(=O)N3CCCCC3)cc2NC(=O)[C@H]2C[C@H]2C)c1. The van der Waals surface area contributed by atoms with E-state index in [0.717, 1.165) is 31.2 Å². The monoisotopic (exact) mass is 428 g/mol. The molecule has 2 aliphatic rings. The molecule has 0 spiro atoms. The Balaban J connectivity index is 1.66. The Hall–Kier alpha value is -2.38. The van der Waals surface area contributed by atoms with E-state index in [0.29, 0.717) is 36.2 Å². The fourth-order valence-electron chi connectivity index (χ4n) is 3.83.